The van der Waals surface area contributed by atoms with Crippen molar-refractivity contribution >= 4 is 5.91 Å². The molecule has 1 saturated carbocycles. The third kappa shape index (κ3) is 2.60. The molecule has 1 fully saturated rings. The maximum atomic E-state index is 12.5. The molecule has 1 amide bonds. The first kappa shape index (κ1) is 16.5. The summed E-state index contributed by atoms with van der Waals surface area (Å²) in [6, 6.07) is 8.55. The number of hydrogen-bond donors (Lipinski definition) is 2. The zero-order valence-electron chi connectivity index (χ0n) is 13.2. The Morgan fingerprint density at radius 1 is 1.55 bits per heavy atom. The number of benzene rings is 1. The quantitative estimate of drug-likeness (QED) is 0.869. The van der Waals surface area contributed by atoms with E-state index in [2.05, 4.69) is 5.32 Å². The second-order valence-corrected chi connectivity index (χ2v) is 6.26. The molecular formula is C17H22N2O3. The summed E-state index contributed by atoms with van der Waals surface area (Å²) in [7, 11) is 0. The summed E-state index contributed by atoms with van der Waals surface area (Å²) in [5.74, 6) is -0.283. The summed E-state index contributed by atoms with van der Waals surface area (Å²) in [5.41, 5.74) is -0.208. The molecule has 2 N–H and O–H groups in total. The third-order valence-corrected chi connectivity index (χ3v) is 4.82. The number of aliphatic hydroxyl groups is 1. The number of hydrogen-bond acceptors (Lipinski definition) is 4. The zero-order chi connectivity index (χ0) is 16.4. The fraction of sp³-hybridized carbons (Fsp3) is 0.529. The van der Waals surface area contributed by atoms with Crippen LogP contribution in [-0.2, 0) is 4.74 Å². The number of ether oxygens (including phenoxy) is 1. The van der Waals surface area contributed by atoms with Crippen LogP contribution in [0.3, 0.4) is 0 Å². The largest absolute Gasteiger partial charge is 0.394 e. The summed E-state index contributed by atoms with van der Waals surface area (Å²) in [5, 5.41) is 21.7. The Balaban J connectivity index is 2.17. The Kier molecular flexibility index (Phi) is 4.55. The van der Waals surface area contributed by atoms with E-state index in [1.807, 2.05) is 26.8 Å². The molecule has 0 saturated heterocycles. The number of aliphatic hydroxyl groups excluding tert-OH is 1. The van der Waals surface area contributed by atoms with Gasteiger partial charge in [-0.15, -0.1) is 0 Å². The van der Waals surface area contributed by atoms with Gasteiger partial charge in [-0.25, -0.2) is 0 Å². The zero-order valence-corrected chi connectivity index (χ0v) is 13.2. The lowest BCUT2D eigenvalue weighted by Gasteiger charge is -2.60. The van der Waals surface area contributed by atoms with E-state index < -0.39 is 5.54 Å². The van der Waals surface area contributed by atoms with Gasteiger partial charge >= 0.3 is 0 Å². The third-order valence-electron chi connectivity index (χ3n) is 4.82. The van der Waals surface area contributed by atoms with E-state index >= 15 is 0 Å². The molecule has 0 bridgehead atoms. The molecule has 5 nitrogen and oxygen atoms in total. The van der Waals surface area contributed by atoms with Gasteiger partial charge in [-0.3, -0.25) is 4.79 Å². The van der Waals surface area contributed by atoms with Gasteiger partial charge in [0.25, 0.3) is 5.91 Å². The number of nitrogens with zero attached hydrogens (tertiary/aromatic N) is 1. The predicted molar refractivity (Wildman–Crippen MR) is 82.3 cm³/mol. The van der Waals surface area contributed by atoms with Crippen LogP contribution in [0.15, 0.2) is 24.3 Å². The van der Waals surface area contributed by atoms with Gasteiger partial charge in [0.1, 0.15) is 0 Å². The minimum atomic E-state index is -0.702. The lowest BCUT2D eigenvalue weighted by molar-refractivity contribution is -0.172. The minimum absolute atomic E-state index is 0.00962. The highest BCUT2D eigenvalue weighted by Crippen LogP contribution is 2.51. The smallest absolute Gasteiger partial charge is 0.251 e. The lowest BCUT2D eigenvalue weighted by atomic mass is 9.54. The average Bonchev–Trinajstić information content (AvgIpc) is 2.53. The summed E-state index contributed by atoms with van der Waals surface area (Å²) in [4.78, 5) is 12.5. The number of rotatable bonds is 5. The standard InChI is InChI=1S/C17H22N2O3/c1-4-22-14-9-17(11-20,16(14,2)3)19-15(21)13-7-5-6-12(8-13)10-18/h5-8,14,20H,4,9,11H2,1-3H3,(H,19,21). The fourth-order valence-electron chi connectivity index (χ4n) is 3.02. The van der Waals surface area contributed by atoms with Crippen molar-refractivity contribution in [2.45, 2.75) is 38.8 Å². The molecule has 5 heteroatoms. The van der Waals surface area contributed by atoms with Crippen LogP contribution in [0.2, 0.25) is 0 Å². The first-order valence-electron chi connectivity index (χ1n) is 7.45. The van der Waals surface area contributed by atoms with Crippen molar-refractivity contribution in [2.75, 3.05) is 13.2 Å². The molecule has 0 spiro atoms. The monoisotopic (exact) mass is 302 g/mol. The summed E-state index contributed by atoms with van der Waals surface area (Å²) >= 11 is 0. The normalized spacial score (nSPS) is 25.9. The predicted octanol–water partition coefficient (Wildman–Crippen LogP) is 1.85. The number of nitriles is 1. The van der Waals surface area contributed by atoms with E-state index in [-0.39, 0.29) is 24.0 Å². The van der Waals surface area contributed by atoms with Gasteiger partial charge in [0.05, 0.1) is 29.9 Å². The van der Waals surface area contributed by atoms with Crippen molar-refractivity contribution in [1.29, 1.82) is 5.26 Å². The van der Waals surface area contributed by atoms with Crippen molar-refractivity contribution in [3.8, 4) is 6.07 Å². The van der Waals surface area contributed by atoms with Crippen LogP contribution in [0, 0.1) is 16.7 Å². The van der Waals surface area contributed by atoms with Crippen LogP contribution in [0.1, 0.15) is 43.1 Å². The van der Waals surface area contributed by atoms with Crippen LogP contribution in [0.5, 0.6) is 0 Å². The Morgan fingerprint density at radius 3 is 2.82 bits per heavy atom. The van der Waals surface area contributed by atoms with Gasteiger partial charge in [0, 0.05) is 24.0 Å². The number of amides is 1. The first-order valence-corrected chi connectivity index (χ1v) is 7.45. The molecule has 1 aromatic carbocycles. The van der Waals surface area contributed by atoms with Gasteiger partial charge in [-0.05, 0) is 25.1 Å². The summed E-state index contributed by atoms with van der Waals surface area (Å²) in [6.45, 7) is 6.36. The average molecular weight is 302 g/mol. The van der Waals surface area contributed by atoms with Crippen LogP contribution in [0.4, 0.5) is 0 Å². The molecule has 0 heterocycles. The van der Waals surface area contributed by atoms with Crippen molar-refractivity contribution in [3.05, 3.63) is 35.4 Å². The maximum absolute atomic E-state index is 12.5. The number of carbonyl (C=O) groups excluding carboxylic acids is 1. The topological polar surface area (TPSA) is 82.3 Å². The molecule has 0 radical (unpaired) electrons. The molecule has 1 aromatic rings. The Morgan fingerprint density at radius 2 is 2.27 bits per heavy atom. The minimum Gasteiger partial charge on any atom is -0.394 e. The van der Waals surface area contributed by atoms with E-state index in [4.69, 9.17) is 10.00 Å². The molecule has 2 unspecified atom stereocenters. The van der Waals surface area contributed by atoms with Crippen molar-refractivity contribution in [2.24, 2.45) is 5.41 Å². The lowest BCUT2D eigenvalue weighted by Crippen LogP contribution is -2.74. The highest BCUT2D eigenvalue weighted by molar-refractivity contribution is 5.95. The second-order valence-electron chi connectivity index (χ2n) is 6.26. The van der Waals surface area contributed by atoms with Crippen LogP contribution in [-0.4, -0.2) is 35.9 Å². The van der Waals surface area contributed by atoms with Gasteiger partial charge in [0.2, 0.25) is 0 Å². The van der Waals surface area contributed by atoms with Crippen LogP contribution in [0.25, 0.3) is 0 Å². The van der Waals surface area contributed by atoms with E-state index in [1.165, 1.54) is 0 Å². The summed E-state index contributed by atoms with van der Waals surface area (Å²) in [6.07, 6.45) is 0.587. The first-order chi connectivity index (χ1) is 10.4. The molecule has 22 heavy (non-hydrogen) atoms. The van der Waals surface area contributed by atoms with Crippen LogP contribution >= 0.6 is 0 Å². The Bertz CT molecular complexity index is 606. The molecule has 118 valence electrons. The Labute approximate surface area is 130 Å². The molecule has 2 atom stereocenters. The van der Waals surface area contributed by atoms with E-state index in [0.717, 1.165) is 0 Å². The second kappa shape index (κ2) is 6.07. The molecule has 2 rings (SSSR count). The van der Waals surface area contributed by atoms with Gasteiger partial charge in [0.15, 0.2) is 0 Å². The van der Waals surface area contributed by atoms with Gasteiger partial charge < -0.3 is 15.2 Å². The Hall–Kier alpha value is -1.90. The fourth-order valence-corrected chi connectivity index (χ4v) is 3.02. The van der Waals surface area contributed by atoms with Crippen molar-refractivity contribution < 1.29 is 14.6 Å². The number of carbonyl (C=O) groups is 1. The van der Waals surface area contributed by atoms with E-state index in [9.17, 15) is 9.90 Å². The van der Waals surface area contributed by atoms with E-state index in [0.29, 0.717) is 24.2 Å². The molecular weight excluding hydrogens is 280 g/mol. The SMILES string of the molecule is CCOC1CC(CO)(NC(=O)c2cccc(C#N)c2)C1(C)C. The van der Waals surface area contributed by atoms with Gasteiger partial charge in [-0.2, -0.15) is 5.26 Å². The summed E-state index contributed by atoms with van der Waals surface area (Å²) < 4.78 is 5.67. The molecule has 0 aliphatic heterocycles. The highest BCUT2D eigenvalue weighted by atomic mass is 16.5. The van der Waals surface area contributed by atoms with Gasteiger partial charge in [-0.1, -0.05) is 19.9 Å². The van der Waals surface area contributed by atoms with Crippen molar-refractivity contribution in [3.63, 3.8) is 0 Å². The number of nitrogens with one attached hydrogen (secondary N) is 1. The van der Waals surface area contributed by atoms with Crippen LogP contribution < -0.4 is 5.32 Å². The van der Waals surface area contributed by atoms with E-state index in [1.54, 1.807) is 24.3 Å². The highest BCUT2D eigenvalue weighted by Gasteiger charge is 2.61. The molecule has 1 aliphatic rings. The van der Waals surface area contributed by atoms with Crippen molar-refractivity contribution in [1.82, 2.24) is 5.32 Å². The molecule has 0 aromatic heterocycles. The molecule has 1 aliphatic carbocycles. The maximum Gasteiger partial charge on any atom is 0.251 e.